The van der Waals surface area contributed by atoms with E-state index in [0.717, 1.165) is 31.3 Å². The van der Waals surface area contributed by atoms with Crippen LogP contribution < -0.4 is 5.32 Å². The highest BCUT2D eigenvalue weighted by Crippen LogP contribution is 2.25. The van der Waals surface area contributed by atoms with Crippen LogP contribution in [0.4, 0.5) is 5.69 Å². The van der Waals surface area contributed by atoms with Crippen LogP contribution >= 0.6 is 0 Å². The van der Waals surface area contributed by atoms with Crippen LogP contribution in [-0.2, 0) is 11.3 Å². The minimum atomic E-state index is 0.368. The quantitative estimate of drug-likeness (QED) is 0.872. The van der Waals surface area contributed by atoms with Crippen molar-refractivity contribution in [2.45, 2.75) is 51.2 Å². The number of nitrogens with zero attached hydrogens (tertiary/aromatic N) is 2. The number of rotatable bonds is 5. The summed E-state index contributed by atoms with van der Waals surface area (Å²) in [5.41, 5.74) is 1.15. The first-order chi connectivity index (χ1) is 8.90. The van der Waals surface area contributed by atoms with Crippen LogP contribution in [0.5, 0.6) is 0 Å². The third kappa shape index (κ3) is 3.05. The van der Waals surface area contributed by atoms with E-state index in [1.807, 2.05) is 10.9 Å². The summed E-state index contributed by atoms with van der Waals surface area (Å²) in [4.78, 5) is 0. The molecule has 2 heterocycles. The van der Waals surface area contributed by atoms with Crippen LogP contribution in [0.15, 0.2) is 12.4 Å². The maximum Gasteiger partial charge on any atom is 0.0771 e. The summed E-state index contributed by atoms with van der Waals surface area (Å²) < 4.78 is 7.63. The molecule has 2 fully saturated rings. The number of aromatic nitrogens is 2. The SMILES string of the molecule is c1nn(CC2CCCO2)cc1NCC1CCCC1. The molecule has 1 atom stereocenters. The fourth-order valence-corrected chi connectivity index (χ4v) is 3.03. The van der Waals surface area contributed by atoms with E-state index in [2.05, 4.69) is 16.6 Å². The van der Waals surface area contributed by atoms with E-state index in [-0.39, 0.29) is 0 Å². The summed E-state index contributed by atoms with van der Waals surface area (Å²) in [7, 11) is 0. The van der Waals surface area contributed by atoms with E-state index in [9.17, 15) is 0 Å². The lowest BCUT2D eigenvalue weighted by atomic mass is 10.1. The Morgan fingerprint density at radius 2 is 2.17 bits per heavy atom. The van der Waals surface area contributed by atoms with Crippen LogP contribution in [0, 0.1) is 5.92 Å². The maximum atomic E-state index is 5.63. The van der Waals surface area contributed by atoms with E-state index in [1.54, 1.807) is 0 Å². The van der Waals surface area contributed by atoms with E-state index in [1.165, 1.54) is 38.5 Å². The highest BCUT2D eigenvalue weighted by molar-refractivity contribution is 5.38. The highest BCUT2D eigenvalue weighted by Gasteiger charge is 2.17. The lowest BCUT2D eigenvalue weighted by Crippen LogP contribution is -2.15. The Balaban J connectivity index is 1.46. The van der Waals surface area contributed by atoms with Crippen molar-refractivity contribution in [3.05, 3.63) is 12.4 Å². The Hall–Kier alpha value is -1.03. The molecule has 1 aliphatic carbocycles. The second-order valence-corrected chi connectivity index (χ2v) is 5.62. The van der Waals surface area contributed by atoms with Crippen LogP contribution in [-0.4, -0.2) is 29.0 Å². The summed E-state index contributed by atoms with van der Waals surface area (Å²) in [5.74, 6) is 0.867. The zero-order valence-corrected chi connectivity index (χ0v) is 11.0. The van der Waals surface area contributed by atoms with Gasteiger partial charge in [-0.3, -0.25) is 4.68 Å². The van der Waals surface area contributed by atoms with Gasteiger partial charge in [0, 0.05) is 19.3 Å². The highest BCUT2D eigenvalue weighted by atomic mass is 16.5. The van der Waals surface area contributed by atoms with Gasteiger partial charge in [0.15, 0.2) is 0 Å². The van der Waals surface area contributed by atoms with E-state index < -0.39 is 0 Å². The van der Waals surface area contributed by atoms with Crippen molar-refractivity contribution in [3.8, 4) is 0 Å². The van der Waals surface area contributed by atoms with E-state index >= 15 is 0 Å². The first kappa shape index (κ1) is 12.0. The third-order valence-corrected chi connectivity index (χ3v) is 4.12. The van der Waals surface area contributed by atoms with Crippen LogP contribution in [0.25, 0.3) is 0 Å². The lowest BCUT2D eigenvalue weighted by Gasteiger charge is -2.10. The summed E-state index contributed by atoms with van der Waals surface area (Å²) in [6.45, 7) is 2.91. The molecule has 4 heteroatoms. The second kappa shape index (κ2) is 5.74. The molecule has 0 amide bonds. The fourth-order valence-electron chi connectivity index (χ4n) is 3.03. The van der Waals surface area contributed by atoms with Crippen molar-refractivity contribution < 1.29 is 4.74 Å². The zero-order valence-electron chi connectivity index (χ0n) is 11.0. The van der Waals surface area contributed by atoms with Gasteiger partial charge in [-0.25, -0.2) is 0 Å². The maximum absolute atomic E-state index is 5.63. The Labute approximate surface area is 109 Å². The fraction of sp³-hybridized carbons (Fsp3) is 0.786. The molecule has 1 saturated carbocycles. The minimum absolute atomic E-state index is 0.368. The smallest absolute Gasteiger partial charge is 0.0771 e. The molecular weight excluding hydrogens is 226 g/mol. The van der Waals surface area contributed by atoms with Crippen molar-refractivity contribution in [1.29, 1.82) is 0 Å². The van der Waals surface area contributed by atoms with Crippen LogP contribution in [0.1, 0.15) is 38.5 Å². The molecule has 1 aliphatic heterocycles. The summed E-state index contributed by atoms with van der Waals surface area (Å²) >= 11 is 0. The molecule has 4 nitrogen and oxygen atoms in total. The zero-order chi connectivity index (χ0) is 12.2. The molecule has 0 spiro atoms. The van der Waals surface area contributed by atoms with Crippen molar-refractivity contribution in [2.75, 3.05) is 18.5 Å². The Morgan fingerprint density at radius 1 is 1.28 bits per heavy atom. The van der Waals surface area contributed by atoms with Gasteiger partial charge in [0.2, 0.25) is 0 Å². The standard InChI is InChI=1S/C14H23N3O/c1-2-5-12(4-1)8-15-13-9-16-17(10-13)11-14-6-3-7-18-14/h9-10,12,14-15H,1-8,11H2. The van der Waals surface area contributed by atoms with Crippen molar-refractivity contribution in [3.63, 3.8) is 0 Å². The van der Waals surface area contributed by atoms with E-state index in [4.69, 9.17) is 4.74 Å². The first-order valence-corrected chi connectivity index (χ1v) is 7.28. The van der Waals surface area contributed by atoms with Crippen LogP contribution in [0.3, 0.4) is 0 Å². The summed E-state index contributed by atoms with van der Waals surface area (Å²) in [5, 5.41) is 7.91. The molecule has 1 unspecified atom stereocenters. The van der Waals surface area contributed by atoms with Crippen LogP contribution in [0.2, 0.25) is 0 Å². The van der Waals surface area contributed by atoms with Gasteiger partial charge in [-0.1, -0.05) is 12.8 Å². The molecule has 3 rings (SSSR count). The molecular formula is C14H23N3O. The van der Waals surface area contributed by atoms with Gasteiger partial charge in [0.1, 0.15) is 0 Å². The Morgan fingerprint density at radius 3 is 2.94 bits per heavy atom. The average molecular weight is 249 g/mol. The normalized spacial score (nSPS) is 24.8. The first-order valence-electron chi connectivity index (χ1n) is 7.28. The Kier molecular flexibility index (Phi) is 3.84. The molecule has 1 aromatic heterocycles. The number of hydrogen-bond donors (Lipinski definition) is 1. The number of hydrogen-bond acceptors (Lipinski definition) is 3. The molecule has 100 valence electrons. The molecule has 1 aromatic rings. The summed E-state index contributed by atoms with van der Waals surface area (Å²) in [6, 6.07) is 0. The largest absolute Gasteiger partial charge is 0.382 e. The predicted octanol–water partition coefficient (Wildman–Crippen LogP) is 2.66. The number of ether oxygens (including phenoxy) is 1. The molecule has 1 N–H and O–H groups in total. The van der Waals surface area contributed by atoms with Crippen molar-refractivity contribution in [1.82, 2.24) is 9.78 Å². The van der Waals surface area contributed by atoms with Gasteiger partial charge in [-0.05, 0) is 31.6 Å². The van der Waals surface area contributed by atoms with Gasteiger partial charge >= 0.3 is 0 Å². The molecule has 0 radical (unpaired) electrons. The topological polar surface area (TPSA) is 39.1 Å². The van der Waals surface area contributed by atoms with E-state index in [0.29, 0.717) is 6.10 Å². The molecule has 2 aliphatic rings. The predicted molar refractivity (Wildman–Crippen MR) is 71.6 cm³/mol. The number of nitrogens with one attached hydrogen (secondary N) is 1. The number of anilines is 1. The minimum Gasteiger partial charge on any atom is -0.382 e. The molecule has 0 bridgehead atoms. The summed E-state index contributed by atoms with van der Waals surface area (Å²) in [6.07, 6.45) is 12.4. The van der Waals surface area contributed by atoms with Gasteiger partial charge in [-0.2, -0.15) is 5.10 Å². The van der Waals surface area contributed by atoms with Crippen molar-refractivity contribution >= 4 is 5.69 Å². The van der Waals surface area contributed by atoms with Gasteiger partial charge < -0.3 is 10.1 Å². The van der Waals surface area contributed by atoms with Gasteiger partial charge in [-0.15, -0.1) is 0 Å². The molecule has 0 aromatic carbocycles. The molecule has 1 saturated heterocycles. The third-order valence-electron chi connectivity index (χ3n) is 4.12. The monoisotopic (exact) mass is 249 g/mol. The Bertz CT molecular complexity index is 365. The lowest BCUT2D eigenvalue weighted by molar-refractivity contribution is 0.0940. The van der Waals surface area contributed by atoms with Crippen molar-refractivity contribution in [2.24, 2.45) is 5.92 Å². The second-order valence-electron chi connectivity index (χ2n) is 5.62. The van der Waals surface area contributed by atoms with Gasteiger partial charge in [0.25, 0.3) is 0 Å². The molecule has 18 heavy (non-hydrogen) atoms. The van der Waals surface area contributed by atoms with Gasteiger partial charge in [0.05, 0.1) is 24.5 Å². The average Bonchev–Trinajstić information content (AvgIpc) is 3.09.